The van der Waals surface area contributed by atoms with E-state index in [1.807, 2.05) is 0 Å². The van der Waals surface area contributed by atoms with Gasteiger partial charge in [-0.1, -0.05) is 30.3 Å². The standard InChI is InChI=1S/C22H25ClN2.H2O4S/c1-22(2)19-7-4-5-8-20(19)25(3)21(22)14-11-17-9-12-18(13-10-17)24-16-6-15-23;1-5(2,3)4/h4-5,7-14H,6,15-16H2,1-3H3;(H2,1,2,3,4). The molecule has 1 heterocycles. The van der Waals surface area contributed by atoms with Crippen molar-refractivity contribution >= 4 is 45.2 Å². The second-order valence-corrected chi connectivity index (χ2v) is 8.67. The minimum atomic E-state index is -4.92. The van der Waals surface area contributed by atoms with Gasteiger partial charge < -0.3 is 9.87 Å². The van der Waals surface area contributed by atoms with Crippen molar-refractivity contribution < 1.29 is 22.1 Å². The average Bonchev–Trinajstić information content (AvgIpc) is 2.86. The van der Waals surface area contributed by atoms with Crippen LogP contribution in [-0.2, 0) is 15.8 Å². The van der Waals surface area contributed by atoms with Gasteiger partial charge in [-0.25, -0.2) is 8.42 Å². The van der Waals surface area contributed by atoms with E-state index in [1.54, 1.807) is 0 Å². The van der Waals surface area contributed by atoms with Crippen LogP contribution in [0.1, 0.15) is 31.4 Å². The van der Waals surface area contributed by atoms with E-state index in [4.69, 9.17) is 29.1 Å². The lowest BCUT2D eigenvalue weighted by molar-refractivity contribution is -0.401. The van der Waals surface area contributed by atoms with E-state index in [0.29, 0.717) is 5.88 Å². The molecule has 0 fully saturated rings. The summed E-state index contributed by atoms with van der Waals surface area (Å²) in [5.41, 5.74) is 6.36. The number of fused-ring (bicyclic) bond motifs is 1. The van der Waals surface area contributed by atoms with Gasteiger partial charge in [-0.15, -0.1) is 11.6 Å². The molecule has 6 nitrogen and oxygen atoms in total. The molecule has 0 saturated heterocycles. The zero-order valence-electron chi connectivity index (χ0n) is 17.3. The van der Waals surface area contributed by atoms with E-state index in [9.17, 15) is 0 Å². The maximum absolute atomic E-state index is 8.63. The lowest BCUT2D eigenvalue weighted by Crippen LogP contribution is -2.26. The van der Waals surface area contributed by atoms with Gasteiger partial charge >= 0.3 is 0 Å². The van der Waals surface area contributed by atoms with Crippen LogP contribution in [0.2, 0.25) is 0 Å². The van der Waals surface area contributed by atoms with E-state index < -0.39 is 10.4 Å². The summed E-state index contributed by atoms with van der Waals surface area (Å²) in [6.45, 7) is 5.49. The predicted molar refractivity (Wildman–Crippen MR) is 122 cm³/mol. The number of hydrogen-bond donors (Lipinski definition) is 2. The van der Waals surface area contributed by atoms with Gasteiger partial charge in [0.25, 0.3) is 0 Å². The second kappa shape index (κ2) is 10.2. The van der Waals surface area contributed by atoms with Crippen molar-refractivity contribution in [1.82, 2.24) is 0 Å². The third-order valence-electron chi connectivity index (χ3n) is 4.92. The van der Waals surface area contributed by atoms with Gasteiger partial charge in [0.15, 0.2) is 5.71 Å². The van der Waals surface area contributed by atoms with Gasteiger partial charge in [0, 0.05) is 35.8 Å². The molecule has 2 N–H and O–H groups in total. The van der Waals surface area contributed by atoms with Gasteiger partial charge in [-0.05, 0) is 44.0 Å². The van der Waals surface area contributed by atoms with Crippen molar-refractivity contribution in [2.75, 3.05) is 24.8 Å². The zero-order chi connectivity index (χ0) is 22.4. The summed E-state index contributed by atoms with van der Waals surface area (Å²) in [6, 6.07) is 17.2. The first-order valence-corrected chi connectivity index (χ1v) is 11.4. The molecule has 0 amide bonds. The van der Waals surface area contributed by atoms with Crippen LogP contribution in [0.5, 0.6) is 0 Å². The molecule has 2 aromatic rings. The van der Waals surface area contributed by atoms with Crippen LogP contribution in [0.3, 0.4) is 0 Å². The molecule has 2 aromatic carbocycles. The summed E-state index contributed by atoms with van der Waals surface area (Å²) < 4.78 is 35.1. The molecule has 0 atom stereocenters. The lowest BCUT2D eigenvalue weighted by atomic mass is 9.81. The van der Waals surface area contributed by atoms with Crippen molar-refractivity contribution in [3.8, 4) is 0 Å². The molecule has 0 saturated carbocycles. The number of nitrogens with one attached hydrogen (secondary N) is 1. The highest BCUT2D eigenvalue weighted by Crippen LogP contribution is 2.39. The quantitative estimate of drug-likeness (QED) is 0.223. The fourth-order valence-electron chi connectivity index (χ4n) is 3.49. The molecule has 0 spiro atoms. The molecule has 1 aliphatic rings. The van der Waals surface area contributed by atoms with Crippen LogP contribution >= 0.6 is 11.6 Å². The minimum absolute atomic E-state index is 0.0188. The first-order chi connectivity index (χ1) is 14.0. The highest BCUT2D eigenvalue weighted by Gasteiger charge is 2.42. The van der Waals surface area contributed by atoms with Crippen LogP contribution in [0.15, 0.2) is 54.6 Å². The Morgan fingerprint density at radius 2 is 1.73 bits per heavy atom. The molecule has 0 aromatic heterocycles. The number of benzene rings is 2. The maximum atomic E-state index is 8.63. The fraction of sp³-hybridized carbons (Fsp3) is 0.318. The largest absolute Gasteiger partial charge is 0.726 e. The first kappa shape index (κ1) is 24.1. The number of para-hydroxylation sites is 1. The molecular weight excluding hydrogens is 424 g/mol. The van der Waals surface area contributed by atoms with Crippen molar-refractivity contribution in [3.63, 3.8) is 0 Å². The normalized spacial score (nSPS) is 15.0. The fourth-order valence-corrected chi connectivity index (χ4v) is 3.62. The maximum Gasteiger partial charge on any atom is 0.215 e. The van der Waals surface area contributed by atoms with Crippen molar-refractivity contribution in [2.24, 2.45) is 0 Å². The number of anilines is 1. The van der Waals surface area contributed by atoms with Gasteiger partial charge in [-0.3, -0.25) is 4.55 Å². The smallest absolute Gasteiger partial charge is 0.215 e. The Balaban J connectivity index is 0.000000575. The topological polar surface area (TPSA) is 92.5 Å². The van der Waals surface area contributed by atoms with Crippen LogP contribution in [0.25, 0.3) is 6.08 Å². The molecule has 162 valence electrons. The number of rotatable bonds is 6. The Morgan fingerprint density at radius 3 is 2.30 bits per heavy atom. The molecular formula is C22H27ClN2O4S. The third-order valence-corrected chi connectivity index (χ3v) is 5.19. The van der Waals surface area contributed by atoms with E-state index in [0.717, 1.165) is 18.7 Å². The first-order valence-electron chi connectivity index (χ1n) is 9.51. The lowest BCUT2D eigenvalue weighted by Gasteiger charge is -2.15. The van der Waals surface area contributed by atoms with Crippen molar-refractivity contribution in [3.05, 3.63) is 65.7 Å². The van der Waals surface area contributed by atoms with Crippen LogP contribution < -0.4 is 5.32 Å². The van der Waals surface area contributed by atoms with Gasteiger partial charge in [0.05, 0.1) is 5.41 Å². The molecule has 8 heteroatoms. The Labute approximate surface area is 183 Å². The average molecular weight is 451 g/mol. The summed E-state index contributed by atoms with van der Waals surface area (Å²) >= 11 is 5.71. The highest BCUT2D eigenvalue weighted by molar-refractivity contribution is 7.79. The summed E-state index contributed by atoms with van der Waals surface area (Å²) in [6.07, 6.45) is 5.42. The Bertz CT molecular complexity index is 1020. The van der Waals surface area contributed by atoms with E-state index in [1.165, 1.54) is 22.5 Å². The van der Waals surface area contributed by atoms with Gasteiger partial charge in [-0.2, -0.15) is 4.58 Å². The third kappa shape index (κ3) is 6.67. The number of halogens is 1. The van der Waals surface area contributed by atoms with Crippen LogP contribution in [0, 0.1) is 0 Å². The van der Waals surface area contributed by atoms with Crippen molar-refractivity contribution in [1.29, 1.82) is 0 Å². The predicted octanol–water partition coefficient (Wildman–Crippen LogP) is 4.45. The van der Waals surface area contributed by atoms with Gasteiger partial charge in [0.2, 0.25) is 16.1 Å². The van der Waals surface area contributed by atoms with E-state index in [2.05, 4.69) is 91.5 Å². The van der Waals surface area contributed by atoms with Crippen molar-refractivity contribution in [2.45, 2.75) is 25.7 Å². The SMILES string of the molecule is C[N+]1=C(/C=C/c2ccc(NCCCCl)cc2)C(C)(C)c2ccccc21.O=S(=O)([O-])O. The molecule has 0 bridgehead atoms. The summed E-state index contributed by atoms with van der Waals surface area (Å²) in [5, 5.41) is 3.38. The molecule has 30 heavy (non-hydrogen) atoms. The van der Waals surface area contributed by atoms with Crippen LogP contribution in [-0.4, -0.2) is 47.3 Å². The summed E-state index contributed by atoms with van der Waals surface area (Å²) in [5.74, 6) is 0.693. The Morgan fingerprint density at radius 1 is 1.13 bits per heavy atom. The number of allylic oxidation sites excluding steroid dienone is 1. The highest BCUT2D eigenvalue weighted by atomic mass is 35.5. The summed E-state index contributed by atoms with van der Waals surface area (Å²) in [7, 11) is -2.77. The molecule has 1 aliphatic heterocycles. The zero-order valence-corrected chi connectivity index (χ0v) is 18.9. The molecule has 0 aliphatic carbocycles. The minimum Gasteiger partial charge on any atom is -0.726 e. The molecule has 3 rings (SSSR count). The van der Waals surface area contributed by atoms with Gasteiger partial charge in [0.1, 0.15) is 7.05 Å². The Hall–Kier alpha value is -2.19. The second-order valence-electron chi connectivity index (χ2n) is 7.44. The summed E-state index contributed by atoms with van der Waals surface area (Å²) in [4.78, 5) is 0. The van der Waals surface area contributed by atoms with E-state index >= 15 is 0 Å². The molecule has 0 radical (unpaired) electrons. The molecule has 0 unspecified atom stereocenters. The number of alkyl halides is 1. The monoisotopic (exact) mass is 450 g/mol. The van der Waals surface area contributed by atoms with E-state index in [-0.39, 0.29) is 5.41 Å². The number of hydrogen-bond acceptors (Lipinski definition) is 4. The van der Waals surface area contributed by atoms with Crippen LogP contribution in [0.4, 0.5) is 11.4 Å². The Kier molecular flexibility index (Phi) is 8.20. The number of nitrogens with zero attached hydrogens (tertiary/aromatic N) is 1.